The summed E-state index contributed by atoms with van der Waals surface area (Å²) in [5.74, 6) is 0.767. The van der Waals surface area contributed by atoms with Crippen molar-refractivity contribution in [3.8, 4) is 0 Å². The van der Waals surface area contributed by atoms with Crippen molar-refractivity contribution in [2.45, 2.75) is 39.7 Å². The van der Waals surface area contributed by atoms with Crippen molar-refractivity contribution in [3.63, 3.8) is 0 Å². The van der Waals surface area contributed by atoms with Crippen molar-refractivity contribution < 1.29 is 0 Å². The summed E-state index contributed by atoms with van der Waals surface area (Å²) in [7, 11) is 0. The maximum Gasteiger partial charge on any atom is 0.0291 e. The van der Waals surface area contributed by atoms with Gasteiger partial charge in [-0.15, -0.1) is 0 Å². The molecule has 0 radical (unpaired) electrons. The number of nitrogens with one attached hydrogen (secondary N) is 1. The van der Waals surface area contributed by atoms with Crippen molar-refractivity contribution >= 4 is 15.9 Å². The van der Waals surface area contributed by atoms with Crippen molar-refractivity contribution in [2.24, 2.45) is 5.92 Å². The molecule has 1 nitrogen and oxygen atoms in total. The molecule has 2 atom stereocenters. The zero-order valence-electron chi connectivity index (χ0n) is 10.5. The van der Waals surface area contributed by atoms with Crippen LogP contribution in [0.25, 0.3) is 0 Å². The van der Waals surface area contributed by atoms with Gasteiger partial charge in [0.15, 0.2) is 0 Å². The number of hydrogen-bond donors (Lipinski definition) is 1. The molecule has 0 amide bonds. The van der Waals surface area contributed by atoms with Crippen molar-refractivity contribution in [1.82, 2.24) is 5.32 Å². The zero-order valence-corrected chi connectivity index (χ0v) is 12.0. The first-order chi connectivity index (χ1) is 7.63. The van der Waals surface area contributed by atoms with E-state index in [1.807, 2.05) is 0 Å². The van der Waals surface area contributed by atoms with Gasteiger partial charge in [0.1, 0.15) is 0 Å². The molecule has 0 aromatic heterocycles. The number of rotatable bonds is 6. The number of benzene rings is 1. The minimum absolute atomic E-state index is 0.437. The van der Waals surface area contributed by atoms with Crippen LogP contribution in [0.5, 0.6) is 0 Å². The Morgan fingerprint density at radius 2 is 1.81 bits per heavy atom. The van der Waals surface area contributed by atoms with Gasteiger partial charge in [-0.2, -0.15) is 0 Å². The Morgan fingerprint density at radius 1 is 1.19 bits per heavy atom. The molecule has 90 valence electrons. The van der Waals surface area contributed by atoms with E-state index in [2.05, 4.69) is 66.3 Å². The Morgan fingerprint density at radius 3 is 2.38 bits per heavy atom. The molecular weight excluding hydrogens is 262 g/mol. The summed E-state index contributed by atoms with van der Waals surface area (Å²) in [5.41, 5.74) is 1.35. The summed E-state index contributed by atoms with van der Waals surface area (Å²) >= 11 is 3.46. The van der Waals surface area contributed by atoms with Gasteiger partial charge < -0.3 is 5.32 Å². The molecule has 0 bridgehead atoms. The largest absolute Gasteiger partial charge is 0.310 e. The minimum Gasteiger partial charge on any atom is -0.310 e. The topological polar surface area (TPSA) is 12.0 Å². The van der Waals surface area contributed by atoms with Crippen LogP contribution >= 0.6 is 15.9 Å². The van der Waals surface area contributed by atoms with Gasteiger partial charge >= 0.3 is 0 Å². The fraction of sp³-hybridized carbons (Fsp3) is 0.571. The summed E-state index contributed by atoms with van der Waals surface area (Å²) in [6.07, 6.45) is 2.58. The molecule has 1 N–H and O–H groups in total. The molecule has 0 aliphatic heterocycles. The van der Waals surface area contributed by atoms with Crippen LogP contribution in [0.15, 0.2) is 28.7 Å². The normalized spacial score (nSPS) is 14.8. The quantitative estimate of drug-likeness (QED) is 0.809. The third-order valence-electron chi connectivity index (χ3n) is 2.92. The number of halogens is 1. The van der Waals surface area contributed by atoms with Gasteiger partial charge in [0.2, 0.25) is 0 Å². The van der Waals surface area contributed by atoms with Crippen LogP contribution in [0.4, 0.5) is 0 Å². The lowest BCUT2D eigenvalue weighted by atomic mass is 10.0. The molecule has 2 heteroatoms. The average molecular weight is 284 g/mol. The lowest BCUT2D eigenvalue weighted by Crippen LogP contribution is -2.24. The van der Waals surface area contributed by atoms with E-state index in [4.69, 9.17) is 0 Å². The van der Waals surface area contributed by atoms with Gasteiger partial charge in [-0.3, -0.25) is 0 Å². The standard InChI is InChI=1S/C14H22BrN/c1-4-5-11(2)10-16-12(3)13-6-8-14(15)9-7-13/h6-9,11-12,16H,4-5,10H2,1-3H3/t11?,12-/m0/s1. The predicted octanol–water partition coefficient (Wildman–Crippen LogP) is 4.54. The second-order valence-corrected chi connectivity index (χ2v) is 5.49. The fourth-order valence-electron chi connectivity index (χ4n) is 1.84. The lowest BCUT2D eigenvalue weighted by molar-refractivity contribution is 0.444. The molecule has 0 aliphatic rings. The summed E-state index contributed by atoms with van der Waals surface area (Å²) in [5, 5.41) is 3.59. The van der Waals surface area contributed by atoms with E-state index in [0.29, 0.717) is 6.04 Å². The summed E-state index contributed by atoms with van der Waals surface area (Å²) in [6.45, 7) is 7.88. The highest BCUT2D eigenvalue weighted by molar-refractivity contribution is 9.10. The maximum atomic E-state index is 3.59. The van der Waals surface area contributed by atoms with E-state index in [-0.39, 0.29) is 0 Å². The average Bonchev–Trinajstić information content (AvgIpc) is 2.27. The molecule has 1 rings (SSSR count). The lowest BCUT2D eigenvalue weighted by Gasteiger charge is -2.17. The maximum absolute atomic E-state index is 3.59. The number of hydrogen-bond acceptors (Lipinski definition) is 1. The Balaban J connectivity index is 2.40. The smallest absolute Gasteiger partial charge is 0.0291 e. The molecule has 0 heterocycles. The van der Waals surface area contributed by atoms with Crippen LogP contribution in [0.3, 0.4) is 0 Å². The SMILES string of the molecule is CCCC(C)CN[C@@H](C)c1ccc(Br)cc1. The first kappa shape index (κ1) is 13.7. The Hall–Kier alpha value is -0.340. The van der Waals surface area contributed by atoms with Crippen LogP contribution in [0, 0.1) is 5.92 Å². The highest BCUT2D eigenvalue weighted by Crippen LogP contribution is 2.17. The van der Waals surface area contributed by atoms with Crippen LogP contribution < -0.4 is 5.32 Å². The Bertz CT molecular complexity index is 294. The van der Waals surface area contributed by atoms with Crippen molar-refractivity contribution in [2.75, 3.05) is 6.54 Å². The van der Waals surface area contributed by atoms with Gasteiger partial charge in [0.05, 0.1) is 0 Å². The van der Waals surface area contributed by atoms with Crippen LogP contribution in [0.2, 0.25) is 0 Å². The molecule has 0 aliphatic carbocycles. The highest BCUT2D eigenvalue weighted by Gasteiger charge is 2.06. The van der Waals surface area contributed by atoms with Crippen molar-refractivity contribution in [1.29, 1.82) is 0 Å². The van der Waals surface area contributed by atoms with Gasteiger partial charge in [-0.1, -0.05) is 48.3 Å². The first-order valence-corrected chi connectivity index (χ1v) is 6.91. The molecule has 1 aromatic rings. The van der Waals surface area contributed by atoms with E-state index in [9.17, 15) is 0 Å². The van der Waals surface area contributed by atoms with E-state index in [0.717, 1.165) is 16.9 Å². The molecule has 16 heavy (non-hydrogen) atoms. The molecule has 0 saturated carbocycles. The van der Waals surface area contributed by atoms with E-state index in [1.54, 1.807) is 0 Å². The summed E-state index contributed by atoms with van der Waals surface area (Å²) < 4.78 is 1.14. The van der Waals surface area contributed by atoms with Gasteiger partial charge in [0, 0.05) is 10.5 Å². The molecule has 0 saturated heterocycles. The van der Waals surface area contributed by atoms with Gasteiger partial charge in [-0.25, -0.2) is 0 Å². The minimum atomic E-state index is 0.437. The Labute approximate surface area is 108 Å². The molecule has 1 unspecified atom stereocenters. The zero-order chi connectivity index (χ0) is 12.0. The highest BCUT2D eigenvalue weighted by atomic mass is 79.9. The fourth-order valence-corrected chi connectivity index (χ4v) is 2.11. The third kappa shape index (κ3) is 4.67. The summed E-state index contributed by atoms with van der Waals surface area (Å²) in [6, 6.07) is 8.98. The summed E-state index contributed by atoms with van der Waals surface area (Å²) in [4.78, 5) is 0. The predicted molar refractivity (Wildman–Crippen MR) is 74.6 cm³/mol. The molecule has 0 spiro atoms. The molecular formula is C14H22BrN. The van der Waals surface area contributed by atoms with Crippen LogP contribution in [0.1, 0.15) is 45.2 Å². The van der Waals surface area contributed by atoms with Crippen LogP contribution in [-0.4, -0.2) is 6.54 Å². The Kier molecular flexibility index (Phi) is 6.07. The second-order valence-electron chi connectivity index (χ2n) is 4.58. The van der Waals surface area contributed by atoms with Gasteiger partial charge in [0.25, 0.3) is 0 Å². The van der Waals surface area contributed by atoms with Crippen LogP contribution in [-0.2, 0) is 0 Å². The first-order valence-electron chi connectivity index (χ1n) is 6.12. The monoisotopic (exact) mass is 283 g/mol. The second kappa shape index (κ2) is 7.08. The molecule has 1 aromatic carbocycles. The van der Waals surface area contributed by atoms with E-state index < -0.39 is 0 Å². The van der Waals surface area contributed by atoms with E-state index >= 15 is 0 Å². The molecule has 0 fully saturated rings. The van der Waals surface area contributed by atoms with E-state index in [1.165, 1.54) is 18.4 Å². The van der Waals surface area contributed by atoms with Crippen molar-refractivity contribution in [3.05, 3.63) is 34.3 Å². The van der Waals surface area contributed by atoms with Gasteiger partial charge in [-0.05, 0) is 43.5 Å². The third-order valence-corrected chi connectivity index (χ3v) is 3.45.